The van der Waals surface area contributed by atoms with Crippen molar-refractivity contribution in [2.45, 2.75) is 41.5 Å². The summed E-state index contributed by atoms with van der Waals surface area (Å²) in [6.45, 7) is 23.3. The molecule has 0 spiro atoms. The molecule has 3 nitrogen and oxygen atoms in total. The fourth-order valence-electron chi connectivity index (χ4n) is 3.20. The topological polar surface area (TPSA) is 9.72 Å². The minimum atomic E-state index is 0.987. The molecule has 1 rings (SSSR count). The number of hydrogen-bond acceptors (Lipinski definition) is 3. The van der Waals surface area contributed by atoms with Gasteiger partial charge in [-0.1, -0.05) is 12.7 Å². The molecule has 0 saturated carbocycles. The van der Waals surface area contributed by atoms with Crippen molar-refractivity contribution >= 4 is 23.1 Å². The van der Waals surface area contributed by atoms with Crippen LogP contribution in [0.5, 0.6) is 0 Å². The summed E-state index contributed by atoms with van der Waals surface area (Å²) >= 11 is 0. The van der Waals surface area contributed by atoms with Crippen LogP contribution in [0.4, 0.5) is 17.1 Å². The van der Waals surface area contributed by atoms with E-state index in [1.54, 1.807) is 0 Å². The highest BCUT2D eigenvalue weighted by Crippen LogP contribution is 2.39. The standard InChI is InChI=1S/C20H34N3/c1-8-17-18(21(9-2)10-3)15-16-19(22(11-4)12-5)20(17)23(13-6)14-7/h8,15H,1,9-14H2,2-7H3. The quantitative estimate of drug-likeness (QED) is 0.621. The molecule has 23 heavy (non-hydrogen) atoms. The molecule has 0 saturated heterocycles. The second kappa shape index (κ2) is 9.49. The van der Waals surface area contributed by atoms with Gasteiger partial charge < -0.3 is 14.7 Å². The molecule has 0 fully saturated rings. The molecule has 0 atom stereocenters. The Labute approximate surface area is 143 Å². The predicted molar refractivity (Wildman–Crippen MR) is 106 cm³/mol. The van der Waals surface area contributed by atoms with Gasteiger partial charge in [0.2, 0.25) is 0 Å². The van der Waals surface area contributed by atoms with E-state index >= 15 is 0 Å². The summed E-state index contributed by atoms with van der Waals surface area (Å²) in [4.78, 5) is 7.19. The maximum atomic E-state index is 4.12. The average molecular weight is 317 g/mol. The lowest BCUT2D eigenvalue weighted by atomic mass is 10.0. The van der Waals surface area contributed by atoms with Crippen molar-refractivity contribution in [1.82, 2.24) is 0 Å². The summed E-state index contributed by atoms with van der Waals surface area (Å²) in [5.74, 6) is 0. The maximum absolute atomic E-state index is 4.12. The zero-order valence-electron chi connectivity index (χ0n) is 15.9. The van der Waals surface area contributed by atoms with Crippen molar-refractivity contribution in [3.63, 3.8) is 0 Å². The highest BCUT2D eigenvalue weighted by molar-refractivity contribution is 5.88. The molecular formula is C20H34N3. The molecule has 0 aliphatic heterocycles. The molecule has 0 heterocycles. The Hall–Kier alpha value is -1.64. The lowest BCUT2D eigenvalue weighted by molar-refractivity contribution is 0.825. The van der Waals surface area contributed by atoms with Crippen molar-refractivity contribution < 1.29 is 0 Å². The van der Waals surface area contributed by atoms with Gasteiger partial charge in [0, 0.05) is 56.6 Å². The number of rotatable bonds is 10. The number of hydrogen-bond donors (Lipinski definition) is 0. The minimum Gasteiger partial charge on any atom is -0.372 e. The van der Waals surface area contributed by atoms with E-state index in [4.69, 9.17) is 0 Å². The first-order chi connectivity index (χ1) is 11.1. The van der Waals surface area contributed by atoms with Crippen molar-refractivity contribution in [2.75, 3.05) is 54.0 Å². The van der Waals surface area contributed by atoms with E-state index in [0.29, 0.717) is 0 Å². The summed E-state index contributed by atoms with van der Waals surface area (Å²) in [6, 6.07) is 5.72. The van der Waals surface area contributed by atoms with Gasteiger partial charge in [0.1, 0.15) is 0 Å². The summed E-state index contributed by atoms with van der Waals surface area (Å²) in [7, 11) is 0. The summed E-state index contributed by atoms with van der Waals surface area (Å²) in [5, 5.41) is 0. The van der Waals surface area contributed by atoms with Gasteiger partial charge in [-0.25, -0.2) is 0 Å². The van der Waals surface area contributed by atoms with Crippen LogP contribution in [-0.4, -0.2) is 39.3 Å². The van der Waals surface area contributed by atoms with Crippen LogP contribution >= 0.6 is 0 Å². The Bertz CT molecular complexity index is 484. The first kappa shape index (κ1) is 19.4. The molecular weight excluding hydrogens is 282 g/mol. The fourth-order valence-corrected chi connectivity index (χ4v) is 3.20. The summed E-state index contributed by atoms with van der Waals surface area (Å²) in [6.07, 6.45) is 2.02. The normalized spacial score (nSPS) is 10.5. The Morgan fingerprint density at radius 2 is 1.30 bits per heavy atom. The SMILES string of the molecule is C=Cc1c(N(CC)CC)c[c]c(N(CC)CC)c1N(CC)CC. The van der Waals surface area contributed by atoms with Gasteiger partial charge in [-0.3, -0.25) is 0 Å². The molecule has 3 heteroatoms. The summed E-state index contributed by atoms with van der Waals surface area (Å²) in [5.41, 5.74) is 4.95. The molecule has 129 valence electrons. The predicted octanol–water partition coefficient (Wildman–Crippen LogP) is 4.67. The monoisotopic (exact) mass is 316 g/mol. The highest BCUT2D eigenvalue weighted by atomic mass is 15.2. The summed E-state index contributed by atoms with van der Waals surface area (Å²) < 4.78 is 0. The lowest BCUT2D eigenvalue weighted by Gasteiger charge is -2.34. The van der Waals surface area contributed by atoms with Gasteiger partial charge in [0.15, 0.2) is 0 Å². The fraction of sp³-hybridized carbons (Fsp3) is 0.600. The third-order valence-electron chi connectivity index (χ3n) is 4.57. The van der Waals surface area contributed by atoms with Crippen LogP contribution in [0.1, 0.15) is 47.1 Å². The van der Waals surface area contributed by atoms with E-state index in [2.05, 4.69) is 75.0 Å². The van der Waals surface area contributed by atoms with E-state index in [1.165, 1.54) is 22.6 Å². The Morgan fingerprint density at radius 1 is 0.826 bits per heavy atom. The molecule has 0 aromatic heterocycles. The van der Waals surface area contributed by atoms with Crippen LogP contribution in [0, 0.1) is 6.07 Å². The third-order valence-corrected chi connectivity index (χ3v) is 4.57. The van der Waals surface area contributed by atoms with Crippen molar-refractivity contribution in [3.05, 3.63) is 24.3 Å². The number of benzene rings is 1. The molecule has 0 aliphatic carbocycles. The zero-order valence-corrected chi connectivity index (χ0v) is 15.9. The Morgan fingerprint density at radius 3 is 1.70 bits per heavy atom. The van der Waals surface area contributed by atoms with Gasteiger partial charge in [-0.05, 0) is 47.6 Å². The van der Waals surface area contributed by atoms with Crippen molar-refractivity contribution in [2.24, 2.45) is 0 Å². The van der Waals surface area contributed by atoms with Crippen LogP contribution in [0.3, 0.4) is 0 Å². The molecule has 0 N–H and O–H groups in total. The Balaban J connectivity index is 3.64. The number of anilines is 3. The molecule has 1 aromatic rings. The zero-order chi connectivity index (χ0) is 17.4. The maximum Gasteiger partial charge on any atom is 0.0704 e. The molecule has 0 amide bonds. The smallest absolute Gasteiger partial charge is 0.0704 e. The molecule has 0 aliphatic rings. The van der Waals surface area contributed by atoms with E-state index in [0.717, 1.165) is 39.3 Å². The first-order valence-electron chi connectivity index (χ1n) is 9.09. The van der Waals surface area contributed by atoms with E-state index in [9.17, 15) is 0 Å². The van der Waals surface area contributed by atoms with Crippen LogP contribution in [0.2, 0.25) is 0 Å². The van der Waals surface area contributed by atoms with E-state index in [-0.39, 0.29) is 0 Å². The van der Waals surface area contributed by atoms with Crippen molar-refractivity contribution in [1.29, 1.82) is 0 Å². The van der Waals surface area contributed by atoms with E-state index in [1.807, 2.05) is 6.08 Å². The highest BCUT2D eigenvalue weighted by Gasteiger charge is 2.20. The molecule has 1 radical (unpaired) electrons. The molecule has 0 bridgehead atoms. The minimum absolute atomic E-state index is 0.987. The van der Waals surface area contributed by atoms with Gasteiger partial charge in [-0.15, -0.1) is 0 Å². The second-order valence-corrected chi connectivity index (χ2v) is 5.51. The van der Waals surface area contributed by atoms with Crippen LogP contribution < -0.4 is 14.7 Å². The van der Waals surface area contributed by atoms with Crippen molar-refractivity contribution in [3.8, 4) is 0 Å². The second-order valence-electron chi connectivity index (χ2n) is 5.51. The van der Waals surface area contributed by atoms with Gasteiger partial charge >= 0.3 is 0 Å². The van der Waals surface area contributed by atoms with Gasteiger partial charge in [0.05, 0.1) is 11.4 Å². The lowest BCUT2D eigenvalue weighted by Crippen LogP contribution is -2.30. The van der Waals surface area contributed by atoms with E-state index < -0.39 is 0 Å². The van der Waals surface area contributed by atoms with Gasteiger partial charge in [0.25, 0.3) is 0 Å². The van der Waals surface area contributed by atoms with Crippen LogP contribution in [0.15, 0.2) is 12.6 Å². The van der Waals surface area contributed by atoms with Gasteiger partial charge in [-0.2, -0.15) is 0 Å². The molecule has 1 aromatic carbocycles. The average Bonchev–Trinajstić information content (AvgIpc) is 2.59. The van der Waals surface area contributed by atoms with Crippen LogP contribution in [0.25, 0.3) is 6.08 Å². The number of nitrogens with zero attached hydrogens (tertiary/aromatic N) is 3. The Kier molecular flexibility index (Phi) is 8.01. The molecule has 0 unspecified atom stereocenters. The van der Waals surface area contributed by atoms with Crippen LogP contribution in [-0.2, 0) is 0 Å². The largest absolute Gasteiger partial charge is 0.372 e. The first-order valence-corrected chi connectivity index (χ1v) is 9.09. The third kappa shape index (κ3) is 4.01.